The Morgan fingerprint density at radius 1 is 1.21 bits per heavy atom. The average Bonchev–Trinajstić information content (AvgIpc) is 3.01. The summed E-state index contributed by atoms with van der Waals surface area (Å²) in [6.45, 7) is 1.91. The number of benzene rings is 1. The first kappa shape index (κ1) is 11.5. The Kier molecular flexibility index (Phi) is 2.79. The molecule has 0 amide bonds. The maximum atomic E-state index is 9.70. The molecule has 0 aliphatic heterocycles. The Labute approximate surface area is 109 Å². The second-order valence-electron chi connectivity index (χ2n) is 4.25. The van der Waals surface area contributed by atoms with Crippen molar-refractivity contribution in [3.63, 3.8) is 0 Å². The first-order chi connectivity index (χ1) is 9.24. The molecule has 0 unspecified atom stereocenters. The van der Waals surface area contributed by atoms with Gasteiger partial charge in [-0.1, -0.05) is 23.4 Å². The van der Waals surface area contributed by atoms with E-state index >= 15 is 0 Å². The first-order valence-corrected chi connectivity index (χ1v) is 5.88. The van der Waals surface area contributed by atoms with Crippen LogP contribution >= 0.6 is 0 Å². The summed E-state index contributed by atoms with van der Waals surface area (Å²) in [5.41, 5.74) is 1.70. The molecule has 2 aromatic heterocycles. The van der Waals surface area contributed by atoms with Crippen molar-refractivity contribution in [2.75, 3.05) is 0 Å². The van der Waals surface area contributed by atoms with Crippen LogP contribution < -0.4 is 0 Å². The zero-order chi connectivity index (χ0) is 13.2. The highest BCUT2D eigenvalue weighted by atomic mass is 16.5. The smallest absolute Gasteiger partial charge is 0.238 e. The molecular formula is C14H12N2O3. The van der Waals surface area contributed by atoms with Crippen LogP contribution in [0.4, 0.5) is 0 Å². The van der Waals surface area contributed by atoms with Crippen molar-refractivity contribution in [3.8, 4) is 17.3 Å². The highest BCUT2D eigenvalue weighted by Gasteiger charge is 2.14. The van der Waals surface area contributed by atoms with Gasteiger partial charge >= 0.3 is 0 Å². The van der Waals surface area contributed by atoms with Crippen molar-refractivity contribution >= 4 is 0 Å². The number of phenols is 1. The predicted molar refractivity (Wildman–Crippen MR) is 67.6 cm³/mol. The Hall–Kier alpha value is -2.56. The molecule has 0 atom stereocenters. The Morgan fingerprint density at radius 3 is 2.79 bits per heavy atom. The molecule has 1 aromatic carbocycles. The molecule has 3 aromatic rings. The quantitative estimate of drug-likeness (QED) is 0.780. The normalized spacial score (nSPS) is 10.8. The van der Waals surface area contributed by atoms with Crippen LogP contribution in [0.2, 0.25) is 0 Å². The molecular weight excluding hydrogens is 244 g/mol. The number of para-hydroxylation sites is 1. The first-order valence-electron chi connectivity index (χ1n) is 5.88. The van der Waals surface area contributed by atoms with Gasteiger partial charge in [0.2, 0.25) is 11.7 Å². The van der Waals surface area contributed by atoms with E-state index in [1.165, 1.54) is 0 Å². The van der Waals surface area contributed by atoms with Gasteiger partial charge in [0.15, 0.2) is 5.76 Å². The molecule has 5 nitrogen and oxygen atoms in total. The van der Waals surface area contributed by atoms with Crippen molar-refractivity contribution in [1.29, 1.82) is 0 Å². The molecule has 1 N–H and O–H groups in total. The van der Waals surface area contributed by atoms with Crippen molar-refractivity contribution < 1.29 is 14.0 Å². The van der Waals surface area contributed by atoms with Gasteiger partial charge in [-0.2, -0.15) is 4.98 Å². The third-order valence-corrected chi connectivity index (χ3v) is 2.87. The summed E-state index contributed by atoms with van der Waals surface area (Å²) in [5, 5.41) is 13.6. The van der Waals surface area contributed by atoms with Gasteiger partial charge in [-0.3, -0.25) is 0 Å². The largest absolute Gasteiger partial charge is 0.508 e. The summed E-state index contributed by atoms with van der Waals surface area (Å²) in [5.74, 6) is 1.68. The Morgan fingerprint density at radius 2 is 2.05 bits per heavy atom. The van der Waals surface area contributed by atoms with Crippen LogP contribution in [0.1, 0.15) is 17.0 Å². The van der Waals surface area contributed by atoms with E-state index in [0.717, 1.165) is 11.1 Å². The molecule has 0 saturated heterocycles. The van der Waals surface area contributed by atoms with E-state index in [-0.39, 0.29) is 5.75 Å². The summed E-state index contributed by atoms with van der Waals surface area (Å²) in [6, 6.07) is 8.91. The van der Waals surface area contributed by atoms with E-state index in [1.807, 2.05) is 25.1 Å². The summed E-state index contributed by atoms with van der Waals surface area (Å²) in [7, 11) is 0. The van der Waals surface area contributed by atoms with E-state index in [9.17, 15) is 5.11 Å². The zero-order valence-corrected chi connectivity index (χ0v) is 10.3. The van der Waals surface area contributed by atoms with Gasteiger partial charge in [0, 0.05) is 5.56 Å². The van der Waals surface area contributed by atoms with Gasteiger partial charge in [0.05, 0.1) is 12.7 Å². The van der Waals surface area contributed by atoms with Crippen LogP contribution in [0.15, 0.2) is 45.5 Å². The number of phenolic OH excluding ortho intramolecular Hbond substituents is 1. The van der Waals surface area contributed by atoms with Crippen LogP contribution in [-0.2, 0) is 6.42 Å². The number of aromatic nitrogens is 2. The van der Waals surface area contributed by atoms with E-state index in [1.54, 1.807) is 18.4 Å². The molecule has 19 heavy (non-hydrogen) atoms. The lowest BCUT2D eigenvalue weighted by Gasteiger charge is -1.99. The monoisotopic (exact) mass is 256 g/mol. The van der Waals surface area contributed by atoms with Gasteiger partial charge in [-0.15, -0.1) is 0 Å². The van der Waals surface area contributed by atoms with E-state index in [0.29, 0.717) is 23.9 Å². The topological polar surface area (TPSA) is 72.3 Å². The molecule has 5 heteroatoms. The van der Waals surface area contributed by atoms with Crippen LogP contribution in [0.5, 0.6) is 5.75 Å². The standard InChI is InChI=1S/C14H12N2O3/c1-9-6-7-18-13(9)14-15-12(19-16-14)8-10-4-2-3-5-11(10)17/h2-7,17H,8H2,1H3. The van der Waals surface area contributed by atoms with Crippen LogP contribution in [-0.4, -0.2) is 15.2 Å². The minimum Gasteiger partial charge on any atom is -0.508 e. The number of aromatic hydroxyl groups is 1. The number of hydrogen-bond donors (Lipinski definition) is 1. The maximum absolute atomic E-state index is 9.70. The number of aryl methyl sites for hydroxylation is 1. The maximum Gasteiger partial charge on any atom is 0.238 e. The number of furan rings is 1. The molecule has 0 bridgehead atoms. The zero-order valence-electron chi connectivity index (χ0n) is 10.3. The van der Waals surface area contributed by atoms with Gasteiger partial charge in [0.25, 0.3) is 0 Å². The summed E-state index contributed by atoms with van der Waals surface area (Å²) < 4.78 is 10.5. The van der Waals surface area contributed by atoms with Crippen molar-refractivity contribution in [1.82, 2.24) is 10.1 Å². The number of hydrogen-bond acceptors (Lipinski definition) is 5. The Balaban J connectivity index is 1.87. The average molecular weight is 256 g/mol. The van der Waals surface area contributed by atoms with E-state index < -0.39 is 0 Å². The van der Waals surface area contributed by atoms with Crippen molar-refractivity contribution in [2.45, 2.75) is 13.3 Å². The number of rotatable bonds is 3. The molecule has 0 saturated carbocycles. The molecule has 0 radical (unpaired) electrons. The van der Waals surface area contributed by atoms with E-state index in [4.69, 9.17) is 8.94 Å². The summed E-state index contributed by atoms with van der Waals surface area (Å²) in [4.78, 5) is 4.27. The molecule has 2 heterocycles. The fourth-order valence-electron chi connectivity index (χ4n) is 1.84. The van der Waals surface area contributed by atoms with Crippen molar-refractivity contribution in [3.05, 3.63) is 53.6 Å². The lowest BCUT2D eigenvalue weighted by molar-refractivity contribution is 0.382. The fraction of sp³-hybridized carbons (Fsp3) is 0.143. The van der Waals surface area contributed by atoms with Gasteiger partial charge < -0.3 is 14.0 Å². The third-order valence-electron chi connectivity index (χ3n) is 2.87. The van der Waals surface area contributed by atoms with Gasteiger partial charge in [0.1, 0.15) is 5.75 Å². The molecule has 0 aliphatic rings. The summed E-state index contributed by atoms with van der Waals surface area (Å²) in [6.07, 6.45) is 1.98. The molecule has 0 spiro atoms. The highest BCUT2D eigenvalue weighted by Crippen LogP contribution is 2.23. The molecule has 96 valence electrons. The molecule has 0 fully saturated rings. The molecule has 0 aliphatic carbocycles. The Bertz CT molecular complexity index is 700. The van der Waals surface area contributed by atoms with Crippen LogP contribution in [0.25, 0.3) is 11.6 Å². The van der Waals surface area contributed by atoms with Crippen LogP contribution in [0.3, 0.4) is 0 Å². The van der Waals surface area contributed by atoms with Crippen molar-refractivity contribution in [2.24, 2.45) is 0 Å². The molecule has 3 rings (SSSR count). The lowest BCUT2D eigenvalue weighted by atomic mass is 10.1. The SMILES string of the molecule is Cc1ccoc1-c1noc(Cc2ccccc2O)n1. The van der Waals surface area contributed by atoms with Gasteiger partial charge in [-0.05, 0) is 24.6 Å². The van der Waals surface area contributed by atoms with Crippen LogP contribution in [0, 0.1) is 6.92 Å². The van der Waals surface area contributed by atoms with E-state index in [2.05, 4.69) is 10.1 Å². The number of nitrogens with zero attached hydrogens (tertiary/aromatic N) is 2. The minimum atomic E-state index is 0.219. The predicted octanol–water partition coefficient (Wildman–Crippen LogP) is 2.93. The summed E-state index contributed by atoms with van der Waals surface area (Å²) >= 11 is 0. The fourth-order valence-corrected chi connectivity index (χ4v) is 1.84. The highest BCUT2D eigenvalue weighted by molar-refractivity contribution is 5.51. The van der Waals surface area contributed by atoms with Gasteiger partial charge in [-0.25, -0.2) is 0 Å². The minimum absolute atomic E-state index is 0.219. The lowest BCUT2D eigenvalue weighted by Crippen LogP contribution is -1.89. The second kappa shape index (κ2) is 4.61. The second-order valence-corrected chi connectivity index (χ2v) is 4.25. The third kappa shape index (κ3) is 2.22.